The monoisotopic (exact) mass is 260 g/mol. The lowest BCUT2D eigenvalue weighted by Crippen LogP contribution is -2.22. The second-order valence-corrected chi connectivity index (χ2v) is 4.02. The Balaban J connectivity index is 2.50. The quantitative estimate of drug-likeness (QED) is 0.871. The maximum Gasteiger partial charge on any atom is 0.223 e. The van der Waals surface area contributed by atoms with Gasteiger partial charge in [-0.15, -0.1) is 0 Å². The maximum atomic E-state index is 11.2. The van der Waals surface area contributed by atoms with E-state index < -0.39 is 0 Å². The molecule has 0 aliphatic rings. The van der Waals surface area contributed by atoms with Crippen LogP contribution >= 0.6 is 15.9 Å². The molecular formula is C8H13BrN4O. The Morgan fingerprint density at radius 2 is 2.36 bits per heavy atom. The molecule has 0 unspecified atom stereocenters. The van der Waals surface area contributed by atoms with Crippen molar-refractivity contribution < 1.29 is 4.79 Å². The van der Waals surface area contributed by atoms with E-state index in [2.05, 4.69) is 21.0 Å². The minimum absolute atomic E-state index is 0.0789. The SMILES string of the molecule is CN(C)C(=O)CCn1cc(Br)c(N)n1. The number of rotatable bonds is 3. The summed E-state index contributed by atoms with van der Waals surface area (Å²) >= 11 is 3.25. The van der Waals surface area contributed by atoms with Crippen molar-refractivity contribution in [2.75, 3.05) is 19.8 Å². The highest BCUT2D eigenvalue weighted by atomic mass is 79.9. The first-order valence-corrected chi connectivity index (χ1v) is 4.98. The molecule has 0 bridgehead atoms. The molecule has 0 aliphatic carbocycles. The Kier molecular flexibility index (Phi) is 3.51. The van der Waals surface area contributed by atoms with Crippen LogP contribution in [0.3, 0.4) is 0 Å². The lowest BCUT2D eigenvalue weighted by Gasteiger charge is -2.09. The van der Waals surface area contributed by atoms with Crippen molar-refractivity contribution >= 4 is 27.7 Å². The van der Waals surface area contributed by atoms with E-state index in [1.54, 1.807) is 29.9 Å². The molecule has 14 heavy (non-hydrogen) atoms. The van der Waals surface area contributed by atoms with E-state index in [4.69, 9.17) is 5.73 Å². The van der Waals surface area contributed by atoms with Crippen LogP contribution in [-0.2, 0) is 11.3 Å². The van der Waals surface area contributed by atoms with Gasteiger partial charge in [-0.2, -0.15) is 5.10 Å². The lowest BCUT2D eigenvalue weighted by atomic mass is 10.4. The molecule has 0 aromatic carbocycles. The number of carbonyl (C=O) groups excluding carboxylic acids is 1. The fourth-order valence-electron chi connectivity index (χ4n) is 0.960. The number of aryl methyl sites for hydroxylation is 1. The molecule has 1 amide bonds. The molecule has 0 spiro atoms. The molecule has 0 atom stereocenters. The van der Waals surface area contributed by atoms with Crippen molar-refractivity contribution in [1.82, 2.24) is 14.7 Å². The number of hydrogen-bond donors (Lipinski definition) is 1. The molecule has 6 heteroatoms. The Hall–Kier alpha value is -1.04. The van der Waals surface area contributed by atoms with Gasteiger partial charge in [0, 0.05) is 33.3 Å². The molecule has 2 N–H and O–H groups in total. The summed E-state index contributed by atoms with van der Waals surface area (Å²) in [5.41, 5.74) is 5.53. The normalized spacial score (nSPS) is 10.2. The zero-order valence-electron chi connectivity index (χ0n) is 8.20. The average molecular weight is 261 g/mol. The first-order chi connectivity index (χ1) is 6.50. The molecule has 1 aromatic rings. The van der Waals surface area contributed by atoms with E-state index in [1.807, 2.05) is 0 Å². The van der Waals surface area contributed by atoms with Crippen LogP contribution in [0.25, 0.3) is 0 Å². The van der Waals surface area contributed by atoms with Crippen LogP contribution in [-0.4, -0.2) is 34.7 Å². The Morgan fingerprint density at radius 3 is 2.79 bits per heavy atom. The second kappa shape index (κ2) is 4.45. The van der Waals surface area contributed by atoms with Gasteiger partial charge in [-0.25, -0.2) is 0 Å². The largest absolute Gasteiger partial charge is 0.381 e. The number of nitrogens with two attached hydrogens (primary N) is 1. The van der Waals surface area contributed by atoms with Crippen molar-refractivity contribution in [3.63, 3.8) is 0 Å². The average Bonchev–Trinajstić information content (AvgIpc) is 2.42. The van der Waals surface area contributed by atoms with Gasteiger partial charge in [0.15, 0.2) is 5.82 Å². The molecular weight excluding hydrogens is 248 g/mol. The van der Waals surface area contributed by atoms with Gasteiger partial charge in [0.2, 0.25) is 5.91 Å². The number of nitrogen functional groups attached to an aromatic ring is 1. The summed E-state index contributed by atoms with van der Waals surface area (Å²) in [5, 5.41) is 4.02. The molecule has 5 nitrogen and oxygen atoms in total. The van der Waals surface area contributed by atoms with Gasteiger partial charge in [-0.05, 0) is 15.9 Å². The third-order valence-electron chi connectivity index (χ3n) is 1.80. The highest BCUT2D eigenvalue weighted by Gasteiger charge is 2.06. The summed E-state index contributed by atoms with van der Waals surface area (Å²) in [6.45, 7) is 0.548. The summed E-state index contributed by atoms with van der Waals surface area (Å²) < 4.78 is 2.41. The van der Waals surface area contributed by atoms with E-state index >= 15 is 0 Å². The van der Waals surface area contributed by atoms with Gasteiger partial charge in [0.05, 0.1) is 4.47 Å². The van der Waals surface area contributed by atoms with Crippen LogP contribution in [0, 0.1) is 0 Å². The van der Waals surface area contributed by atoms with Gasteiger partial charge < -0.3 is 10.6 Å². The van der Waals surface area contributed by atoms with Gasteiger partial charge >= 0.3 is 0 Å². The molecule has 78 valence electrons. The van der Waals surface area contributed by atoms with Crippen LogP contribution in [0.1, 0.15) is 6.42 Å². The Bertz CT molecular complexity index is 315. The molecule has 0 radical (unpaired) electrons. The third kappa shape index (κ3) is 2.73. The van der Waals surface area contributed by atoms with Crippen LogP contribution in [0.4, 0.5) is 5.82 Å². The van der Waals surface area contributed by atoms with Crippen molar-refractivity contribution in [1.29, 1.82) is 0 Å². The van der Waals surface area contributed by atoms with Crippen molar-refractivity contribution in [3.05, 3.63) is 10.7 Å². The van der Waals surface area contributed by atoms with Gasteiger partial charge in [-0.1, -0.05) is 0 Å². The molecule has 0 aliphatic heterocycles. The summed E-state index contributed by atoms with van der Waals surface area (Å²) in [5.74, 6) is 0.525. The first kappa shape index (κ1) is 11.0. The Labute approximate surface area is 91.0 Å². The predicted octanol–water partition coefficient (Wildman–Crippen LogP) is 0.706. The minimum atomic E-state index is 0.0789. The number of hydrogen-bond acceptors (Lipinski definition) is 3. The number of nitrogens with zero attached hydrogens (tertiary/aromatic N) is 3. The van der Waals surface area contributed by atoms with E-state index in [0.29, 0.717) is 18.8 Å². The predicted molar refractivity (Wildman–Crippen MR) is 57.7 cm³/mol. The first-order valence-electron chi connectivity index (χ1n) is 4.19. The fraction of sp³-hybridized carbons (Fsp3) is 0.500. The van der Waals surface area contributed by atoms with E-state index in [9.17, 15) is 4.79 Å². The second-order valence-electron chi connectivity index (χ2n) is 3.16. The zero-order valence-corrected chi connectivity index (χ0v) is 9.78. The molecule has 0 fully saturated rings. The summed E-state index contributed by atoms with van der Waals surface area (Å²) in [4.78, 5) is 12.8. The molecule has 1 heterocycles. The third-order valence-corrected chi connectivity index (χ3v) is 2.41. The number of anilines is 1. The zero-order chi connectivity index (χ0) is 10.7. The van der Waals surface area contributed by atoms with Crippen LogP contribution < -0.4 is 5.73 Å². The van der Waals surface area contributed by atoms with Crippen LogP contribution in [0.2, 0.25) is 0 Å². The summed E-state index contributed by atoms with van der Waals surface area (Å²) in [6, 6.07) is 0. The smallest absolute Gasteiger partial charge is 0.223 e. The fourth-order valence-corrected chi connectivity index (χ4v) is 1.28. The van der Waals surface area contributed by atoms with E-state index in [0.717, 1.165) is 4.47 Å². The highest BCUT2D eigenvalue weighted by molar-refractivity contribution is 9.10. The minimum Gasteiger partial charge on any atom is -0.381 e. The maximum absolute atomic E-state index is 11.2. The van der Waals surface area contributed by atoms with E-state index in [-0.39, 0.29) is 5.91 Å². The molecule has 1 rings (SSSR count). The van der Waals surface area contributed by atoms with Gasteiger partial charge in [0.1, 0.15) is 0 Å². The van der Waals surface area contributed by atoms with Crippen LogP contribution in [0.5, 0.6) is 0 Å². The van der Waals surface area contributed by atoms with Gasteiger partial charge in [-0.3, -0.25) is 9.48 Å². The molecule has 0 saturated carbocycles. The van der Waals surface area contributed by atoms with Crippen LogP contribution in [0.15, 0.2) is 10.7 Å². The van der Waals surface area contributed by atoms with Crippen molar-refractivity contribution in [3.8, 4) is 0 Å². The van der Waals surface area contributed by atoms with Crippen molar-refractivity contribution in [2.45, 2.75) is 13.0 Å². The topological polar surface area (TPSA) is 64.2 Å². The number of amides is 1. The van der Waals surface area contributed by atoms with Crippen molar-refractivity contribution in [2.24, 2.45) is 0 Å². The number of halogens is 1. The molecule has 0 saturated heterocycles. The standard InChI is InChI=1S/C8H13BrN4O/c1-12(2)7(14)3-4-13-5-6(9)8(10)11-13/h5H,3-4H2,1-2H3,(H2,10,11). The lowest BCUT2D eigenvalue weighted by molar-refractivity contribution is -0.128. The van der Waals surface area contributed by atoms with E-state index in [1.165, 1.54) is 0 Å². The number of carbonyl (C=O) groups is 1. The number of aromatic nitrogens is 2. The Morgan fingerprint density at radius 1 is 1.71 bits per heavy atom. The van der Waals surface area contributed by atoms with Gasteiger partial charge in [0.25, 0.3) is 0 Å². The molecule has 1 aromatic heterocycles. The summed E-state index contributed by atoms with van der Waals surface area (Å²) in [7, 11) is 3.46. The highest BCUT2D eigenvalue weighted by Crippen LogP contribution is 2.16. The summed E-state index contributed by atoms with van der Waals surface area (Å²) in [6.07, 6.45) is 2.19.